The summed E-state index contributed by atoms with van der Waals surface area (Å²) in [4.78, 5) is 11.0. The Morgan fingerprint density at radius 3 is 2.47 bits per heavy atom. The van der Waals surface area contributed by atoms with Gasteiger partial charge in [-0.3, -0.25) is 10.1 Å². The number of carboxylic acids is 1. The number of hydrogen-bond acceptors (Lipinski definition) is 3. The fourth-order valence-electron chi connectivity index (χ4n) is 1.49. The first kappa shape index (κ1) is 14.4. The lowest BCUT2D eigenvalue weighted by Crippen LogP contribution is -2.50. The maximum Gasteiger partial charge on any atom is 0.320 e. The molecule has 0 aromatic heterocycles. The van der Waals surface area contributed by atoms with Gasteiger partial charge >= 0.3 is 5.97 Å². The summed E-state index contributed by atoms with van der Waals surface area (Å²) in [6.45, 7) is 5.92. The Morgan fingerprint density at radius 1 is 1.47 bits per heavy atom. The predicted molar refractivity (Wildman–Crippen MR) is 59.9 cm³/mol. The summed E-state index contributed by atoms with van der Waals surface area (Å²) in [6.07, 6.45) is 3.09. The number of hydrogen-bond donors (Lipinski definition) is 3. The van der Waals surface area contributed by atoms with E-state index in [2.05, 4.69) is 5.32 Å². The summed E-state index contributed by atoms with van der Waals surface area (Å²) in [7, 11) is 0. The van der Waals surface area contributed by atoms with Gasteiger partial charge < -0.3 is 10.2 Å². The van der Waals surface area contributed by atoms with Crippen molar-refractivity contribution in [1.82, 2.24) is 5.32 Å². The molecule has 1 atom stereocenters. The molecule has 0 aromatic carbocycles. The van der Waals surface area contributed by atoms with Crippen molar-refractivity contribution in [3.63, 3.8) is 0 Å². The Balaban J connectivity index is 4.20. The van der Waals surface area contributed by atoms with Crippen LogP contribution in [0, 0.1) is 0 Å². The first-order valence-electron chi connectivity index (χ1n) is 5.54. The van der Waals surface area contributed by atoms with Crippen LogP contribution in [0.5, 0.6) is 0 Å². The molecule has 4 nitrogen and oxygen atoms in total. The Morgan fingerprint density at radius 2 is 2.07 bits per heavy atom. The zero-order valence-electron chi connectivity index (χ0n) is 9.92. The van der Waals surface area contributed by atoms with Gasteiger partial charge in [-0.25, -0.2) is 0 Å². The Bertz CT molecular complexity index is 192. The van der Waals surface area contributed by atoms with E-state index in [1.54, 1.807) is 0 Å². The van der Waals surface area contributed by atoms with E-state index >= 15 is 0 Å². The third-order valence-corrected chi connectivity index (χ3v) is 2.45. The number of carboxylic acid groups (broad SMARTS) is 1. The van der Waals surface area contributed by atoms with E-state index < -0.39 is 12.0 Å². The average molecular weight is 217 g/mol. The molecule has 0 aliphatic carbocycles. The number of aliphatic hydroxyl groups excluding tert-OH is 1. The maximum atomic E-state index is 11.0. The smallest absolute Gasteiger partial charge is 0.320 e. The van der Waals surface area contributed by atoms with Crippen LogP contribution in [0.4, 0.5) is 0 Å². The second kappa shape index (κ2) is 6.80. The van der Waals surface area contributed by atoms with Crippen molar-refractivity contribution in [3.8, 4) is 0 Å². The standard InChI is InChI=1S/C11H23NO3/c1-4-5-6-9(10(14)15)12-11(2,3)7-8-13/h9,12-13H,4-8H2,1-3H3,(H,14,15). The zero-order chi connectivity index (χ0) is 11.9. The molecule has 90 valence electrons. The fourth-order valence-corrected chi connectivity index (χ4v) is 1.49. The molecule has 0 rings (SSSR count). The SMILES string of the molecule is CCCCC(NC(C)(C)CCO)C(=O)O. The summed E-state index contributed by atoms with van der Waals surface area (Å²) in [5, 5.41) is 20.9. The van der Waals surface area contributed by atoms with Crippen molar-refractivity contribution >= 4 is 5.97 Å². The largest absolute Gasteiger partial charge is 0.480 e. The lowest BCUT2D eigenvalue weighted by atomic mass is 9.98. The summed E-state index contributed by atoms with van der Waals surface area (Å²) < 4.78 is 0. The highest BCUT2D eigenvalue weighted by Gasteiger charge is 2.25. The summed E-state index contributed by atoms with van der Waals surface area (Å²) in [5.74, 6) is -0.811. The van der Waals surface area contributed by atoms with Gasteiger partial charge in [0.05, 0.1) is 0 Å². The van der Waals surface area contributed by atoms with E-state index in [1.165, 1.54) is 0 Å². The first-order valence-corrected chi connectivity index (χ1v) is 5.54. The number of aliphatic hydroxyl groups is 1. The minimum absolute atomic E-state index is 0.0696. The number of rotatable bonds is 8. The van der Waals surface area contributed by atoms with Crippen LogP contribution in [0.3, 0.4) is 0 Å². The monoisotopic (exact) mass is 217 g/mol. The molecule has 3 N–H and O–H groups in total. The number of unbranched alkanes of at least 4 members (excludes halogenated alkanes) is 1. The van der Waals surface area contributed by atoms with Gasteiger partial charge in [-0.05, 0) is 26.7 Å². The van der Waals surface area contributed by atoms with Gasteiger partial charge in [-0.15, -0.1) is 0 Å². The second-order valence-corrected chi connectivity index (χ2v) is 4.53. The highest BCUT2D eigenvalue weighted by molar-refractivity contribution is 5.73. The van der Waals surface area contributed by atoms with Gasteiger partial charge in [0.1, 0.15) is 6.04 Å². The average Bonchev–Trinajstić information content (AvgIpc) is 2.11. The van der Waals surface area contributed by atoms with Gasteiger partial charge in [0.25, 0.3) is 0 Å². The van der Waals surface area contributed by atoms with Crippen LogP contribution in [-0.2, 0) is 4.79 Å². The molecule has 0 aromatic rings. The van der Waals surface area contributed by atoms with E-state index in [4.69, 9.17) is 10.2 Å². The molecule has 0 radical (unpaired) electrons. The third kappa shape index (κ3) is 6.47. The van der Waals surface area contributed by atoms with Gasteiger partial charge in [0, 0.05) is 12.1 Å². The number of carbonyl (C=O) groups is 1. The van der Waals surface area contributed by atoms with Crippen LogP contribution >= 0.6 is 0 Å². The van der Waals surface area contributed by atoms with Gasteiger partial charge in [0.2, 0.25) is 0 Å². The van der Waals surface area contributed by atoms with Crippen molar-refractivity contribution in [1.29, 1.82) is 0 Å². The lowest BCUT2D eigenvalue weighted by molar-refractivity contribution is -0.140. The van der Waals surface area contributed by atoms with Crippen molar-refractivity contribution in [2.45, 2.75) is 58.0 Å². The second-order valence-electron chi connectivity index (χ2n) is 4.53. The first-order chi connectivity index (χ1) is 6.93. The quantitative estimate of drug-likeness (QED) is 0.574. The van der Waals surface area contributed by atoms with Crippen LogP contribution in [0.15, 0.2) is 0 Å². The summed E-state index contributed by atoms with van der Waals surface area (Å²) in [5.41, 5.74) is -0.328. The van der Waals surface area contributed by atoms with E-state index in [0.717, 1.165) is 12.8 Å². The van der Waals surface area contributed by atoms with Crippen molar-refractivity contribution in [3.05, 3.63) is 0 Å². The highest BCUT2D eigenvalue weighted by atomic mass is 16.4. The Hall–Kier alpha value is -0.610. The lowest BCUT2D eigenvalue weighted by Gasteiger charge is -2.29. The van der Waals surface area contributed by atoms with Gasteiger partial charge in [-0.2, -0.15) is 0 Å². The molecule has 1 unspecified atom stereocenters. The third-order valence-electron chi connectivity index (χ3n) is 2.45. The van der Waals surface area contributed by atoms with E-state index in [-0.39, 0.29) is 12.1 Å². The van der Waals surface area contributed by atoms with Gasteiger partial charge in [-0.1, -0.05) is 19.8 Å². The minimum atomic E-state index is -0.811. The molecular formula is C11H23NO3. The molecule has 0 fully saturated rings. The molecule has 0 heterocycles. The molecule has 0 aliphatic rings. The zero-order valence-corrected chi connectivity index (χ0v) is 9.92. The normalized spacial score (nSPS) is 13.9. The molecule has 0 bridgehead atoms. The molecule has 0 saturated heterocycles. The Labute approximate surface area is 91.7 Å². The molecule has 15 heavy (non-hydrogen) atoms. The van der Waals surface area contributed by atoms with Crippen molar-refractivity contribution in [2.24, 2.45) is 0 Å². The topological polar surface area (TPSA) is 69.6 Å². The van der Waals surface area contributed by atoms with E-state index in [0.29, 0.717) is 12.8 Å². The number of nitrogens with one attached hydrogen (secondary N) is 1. The van der Waals surface area contributed by atoms with Gasteiger partial charge in [0.15, 0.2) is 0 Å². The molecule has 0 aliphatic heterocycles. The molecule has 0 saturated carbocycles. The van der Waals surface area contributed by atoms with Crippen LogP contribution < -0.4 is 5.32 Å². The van der Waals surface area contributed by atoms with Crippen LogP contribution in [-0.4, -0.2) is 34.4 Å². The molecule has 0 spiro atoms. The van der Waals surface area contributed by atoms with Crippen LogP contribution in [0.2, 0.25) is 0 Å². The van der Waals surface area contributed by atoms with Crippen molar-refractivity contribution < 1.29 is 15.0 Å². The van der Waals surface area contributed by atoms with E-state index in [9.17, 15) is 4.79 Å². The van der Waals surface area contributed by atoms with E-state index in [1.807, 2.05) is 20.8 Å². The van der Waals surface area contributed by atoms with Crippen LogP contribution in [0.1, 0.15) is 46.5 Å². The minimum Gasteiger partial charge on any atom is -0.480 e. The Kier molecular flexibility index (Phi) is 6.52. The predicted octanol–water partition coefficient (Wildman–Crippen LogP) is 1.38. The highest BCUT2D eigenvalue weighted by Crippen LogP contribution is 2.11. The molecular weight excluding hydrogens is 194 g/mol. The van der Waals surface area contributed by atoms with Crippen LogP contribution in [0.25, 0.3) is 0 Å². The molecule has 4 heteroatoms. The van der Waals surface area contributed by atoms with Crippen molar-refractivity contribution in [2.75, 3.05) is 6.61 Å². The summed E-state index contributed by atoms with van der Waals surface area (Å²) in [6, 6.07) is -0.508. The summed E-state index contributed by atoms with van der Waals surface area (Å²) >= 11 is 0. The number of aliphatic carboxylic acids is 1. The molecule has 0 amide bonds. The maximum absolute atomic E-state index is 11.0. The fraction of sp³-hybridized carbons (Fsp3) is 0.909.